The molecule has 0 saturated heterocycles. The van der Waals surface area contributed by atoms with Crippen LogP contribution in [0, 0.1) is 0 Å². The van der Waals surface area contributed by atoms with Crippen LogP contribution in [0.1, 0.15) is 36.7 Å². The third-order valence-electron chi connectivity index (χ3n) is 2.10. The van der Waals surface area contributed by atoms with Crippen molar-refractivity contribution in [3.05, 3.63) is 35.4 Å². The molecule has 0 amide bonds. The molecule has 1 aromatic carbocycles. The number of hydrogen-bond donors (Lipinski definition) is 1. The summed E-state index contributed by atoms with van der Waals surface area (Å²) in [4.78, 5) is 14.3. The van der Waals surface area contributed by atoms with E-state index in [9.17, 15) is 4.79 Å². The van der Waals surface area contributed by atoms with Crippen molar-refractivity contribution < 1.29 is 9.53 Å². The summed E-state index contributed by atoms with van der Waals surface area (Å²) in [7, 11) is 0. The van der Waals surface area contributed by atoms with E-state index in [0.717, 1.165) is 12.0 Å². The van der Waals surface area contributed by atoms with Crippen LogP contribution in [0.2, 0.25) is 0 Å². The van der Waals surface area contributed by atoms with Gasteiger partial charge in [-0.1, -0.05) is 12.1 Å². The summed E-state index contributed by atoms with van der Waals surface area (Å²) in [6.07, 6.45) is 0.831. The predicted molar refractivity (Wildman–Crippen MR) is 69.2 cm³/mol. The first-order valence-electron chi connectivity index (χ1n) is 5.58. The number of benzene rings is 1. The van der Waals surface area contributed by atoms with Crippen LogP contribution in [0.4, 0.5) is 0 Å². The van der Waals surface area contributed by atoms with Crippen LogP contribution in [0.25, 0.3) is 0 Å². The molecule has 0 aromatic heterocycles. The van der Waals surface area contributed by atoms with E-state index in [1.165, 1.54) is 0 Å². The van der Waals surface area contributed by atoms with Gasteiger partial charge in [-0.05, 0) is 56.7 Å². The Kier molecular flexibility index (Phi) is 4.97. The molecule has 17 heavy (non-hydrogen) atoms. The number of esters is 1. The highest BCUT2D eigenvalue weighted by Crippen LogP contribution is 2.13. The fourth-order valence-electron chi connectivity index (χ4n) is 1.34. The lowest BCUT2D eigenvalue weighted by Crippen LogP contribution is -2.23. The van der Waals surface area contributed by atoms with Gasteiger partial charge in [-0.2, -0.15) is 0 Å². The molecule has 0 spiro atoms. The maximum atomic E-state index is 11.7. The second-order valence-electron chi connectivity index (χ2n) is 4.83. The predicted octanol–water partition coefficient (Wildman–Crippen LogP) is 2.93. The summed E-state index contributed by atoms with van der Waals surface area (Å²) < 4.78 is 5.27. The molecule has 0 fully saturated rings. The van der Waals surface area contributed by atoms with E-state index in [1.54, 1.807) is 12.1 Å². The van der Waals surface area contributed by atoms with Crippen LogP contribution in [0.5, 0.6) is 0 Å². The molecule has 0 aliphatic heterocycles. The number of carbonyl (C=O) groups is 1. The minimum atomic E-state index is -0.460. The minimum Gasteiger partial charge on any atom is -0.456 e. The smallest absolute Gasteiger partial charge is 0.338 e. The van der Waals surface area contributed by atoms with E-state index in [1.807, 2.05) is 32.9 Å². The summed E-state index contributed by atoms with van der Waals surface area (Å²) in [5.74, 6) is -0.292. The lowest BCUT2D eigenvalue weighted by Gasteiger charge is -2.19. The van der Waals surface area contributed by atoms with Gasteiger partial charge in [0.05, 0.1) is 5.56 Å². The minimum absolute atomic E-state index is 0.292. The van der Waals surface area contributed by atoms with Gasteiger partial charge in [0.1, 0.15) is 5.60 Å². The van der Waals surface area contributed by atoms with E-state index >= 15 is 0 Å². The average Bonchev–Trinajstić information content (AvgIpc) is 2.24. The summed E-state index contributed by atoms with van der Waals surface area (Å²) in [5, 5.41) is 0. The van der Waals surface area contributed by atoms with Gasteiger partial charge in [-0.15, -0.1) is 0 Å². The fraction of sp³-hybridized carbons (Fsp3) is 0.462. The molecule has 1 rings (SSSR count). The van der Waals surface area contributed by atoms with E-state index in [-0.39, 0.29) is 5.97 Å². The van der Waals surface area contributed by atoms with Crippen molar-refractivity contribution >= 4 is 17.7 Å². The zero-order valence-corrected chi connectivity index (χ0v) is 11.2. The lowest BCUT2D eigenvalue weighted by molar-refractivity contribution is 0.00695. The third-order valence-corrected chi connectivity index (χ3v) is 2.29. The number of hydrogen-bond acceptors (Lipinski definition) is 3. The number of nitrogens with one attached hydrogen (secondary N) is 1. The summed E-state index contributed by atoms with van der Waals surface area (Å²) in [6.45, 7) is 6.26. The van der Waals surface area contributed by atoms with Gasteiger partial charge in [0.2, 0.25) is 0 Å². The van der Waals surface area contributed by atoms with Gasteiger partial charge in [-0.3, -0.25) is 0 Å². The van der Waals surface area contributed by atoms with Crippen molar-refractivity contribution in [2.45, 2.75) is 32.8 Å². The molecule has 94 valence electrons. The Labute approximate surface area is 107 Å². The van der Waals surface area contributed by atoms with Crippen molar-refractivity contribution in [2.24, 2.45) is 0 Å². The number of rotatable bonds is 4. The Morgan fingerprint density at radius 3 is 2.35 bits per heavy atom. The van der Waals surface area contributed by atoms with Crippen LogP contribution >= 0.6 is 11.8 Å². The maximum Gasteiger partial charge on any atom is 0.338 e. The Hall–Kier alpha value is -1.06. The molecular weight excluding hydrogens is 238 g/mol. The maximum absolute atomic E-state index is 11.7. The van der Waals surface area contributed by atoms with Crippen LogP contribution in [0.15, 0.2) is 24.3 Å². The Morgan fingerprint density at radius 2 is 1.88 bits per heavy atom. The van der Waals surface area contributed by atoms with Gasteiger partial charge in [0, 0.05) is 6.54 Å². The van der Waals surface area contributed by atoms with Gasteiger partial charge in [0.15, 0.2) is 0 Å². The van der Waals surface area contributed by atoms with E-state index in [4.69, 9.17) is 16.5 Å². The number of halogens is 1. The lowest BCUT2D eigenvalue weighted by atomic mass is 10.1. The summed E-state index contributed by atoms with van der Waals surface area (Å²) in [5.41, 5.74) is 1.24. The number of carbonyl (C=O) groups excluding carboxylic acids is 1. The second-order valence-corrected chi connectivity index (χ2v) is 5.10. The molecule has 4 heteroatoms. The van der Waals surface area contributed by atoms with E-state index in [2.05, 4.69) is 4.84 Å². The van der Waals surface area contributed by atoms with Crippen molar-refractivity contribution in [3.8, 4) is 0 Å². The van der Waals surface area contributed by atoms with Crippen molar-refractivity contribution in [2.75, 3.05) is 6.54 Å². The molecule has 0 saturated carbocycles. The van der Waals surface area contributed by atoms with Crippen LogP contribution in [-0.2, 0) is 11.2 Å². The largest absolute Gasteiger partial charge is 0.456 e. The molecule has 0 atom stereocenters. The van der Waals surface area contributed by atoms with Gasteiger partial charge < -0.3 is 4.74 Å². The van der Waals surface area contributed by atoms with Crippen molar-refractivity contribution in [3.63, 3.8) is 0 Å². The fourth-order valence-corrected chi connectivity index (χ4v) is 1.43. The Bertz CT molecular complexity index is 368. The normalized spacial score (nSPS) is 11.3. The Morgan fingerprint density at radius 1 is 1.29 bits per heavy atom. The molecule has 0 aliphatic carbocycles. The quantitative estimate of drug-likeness (QED) is 0.664. The van der Waals surface area contributed by atoms with Gasteiger partial charge in [0.25, 0.3) is 0 Å². The molecule has 1 aromatic rings. The van der Waals surface area contributed by atoms with E-state index in [0.29, 0.717) is 12.1 Å². The molecule has 0 bridgehead atoms. The topological polar surface area (TPSA) is 38.3 Å². The zero-order valence-electron chi connectivity index (χ0n) is 10.4. The molecule has 3 nitrogen and oxygen atoms in total. The molecule has 0 unspecified atom stereocenters. The first-order chi connectivity index (χ1) is 7.92. The average molecular weight is 256 g/mol. The van der Waals surface area contributed by atoms with Gasteiger partial charge >= 0.3 is 5.97 Å². The third kappa shape index (κ3) is 5.20. The monoisotopic (exact) mass is 255 g/mol. The molecule has 0 radical (unpaired) electrons. The van der Waals surface area contributed by atoms with Crippen LogP contribution in [-0.4, -0.2) is 18.1 Å². The van der Waals surface area contributed by atoms with E-state index < -0.39 is 5.60 Å². The summed E-state index contributed by atoms with van der Waals surface area (Å²) >= 11 is 5.38. The highest BCUT2D eigenvalue weighted by Gasteiger charge is 2.17. The molecule has 0 heterocycles. The first-order valence-corrected chi connectivity index (χ1v) is 5.96. The van der Waals surface area contributed by atoms with Crippen molar-refractivity contribution in [1.29, 1.82) is 0 Å². The highest BCUT2D eigenvalue weighted by molar-refractivity contribution is 6.13. The van der Waals surface area contributed by atoms with Crippen LogP contribution in [0.3, 0.4) is 0 Å². The first kappa shape index (κ1) is 14.0. The van der Waals surface area contributed by atoms with Crippen LogP contribution < -0.4 is 4.84 Å². The second kappa shape index (κ2) is 6.03. The SMILES string of the molecule is CC(C)(C)OC(=O)c1ccc(CCNCl)cc1. The molecular formula is C13H18ClNO2. The van der Waals surface area contributed by atoms with Gasteiger partial charge in [-0.25, -0.2) is 9.63 Å². The molecule has 0 aliphatic rings. The van der Waals surface area contributed by atoms with Crippen molar-refractivity contribution in [1.82, 2.24) is 4.84 Å². The zero-order chi connectivity index (χ0) is 12.9. The number of ether oxygens (including phenoxy) is 1. The highest BCUT2D eigenvalue weighted by atomic mass is 35.5. The Balaban J connectivity index is 2.64. The standard InChI is InChI=1S/C13H18ClNO2/c1-13(2,3)17-12(16)11-6-4-10(5-7-11)8-9-15-14/h4-7,15H,8-9H2,1-3H3. The molecule has 1 N–H and O–H groups in total. The summed E-state index contributed by atoms with van der Waals surface area (Å²) in [6, 6.07) is 7.37.